The maximum absolute atomic E-state index is 13.1. The van der Waals surface area contributed by atoms with Crippen molar-refractivity contribution >= 4 is 23.2 Å². The summed E-state index contributed by atoms with van der Waals surface area (Å²) in [6.07, 6.45) is 2.46. The molecule has 1 atom stereocenters. The average molecular weight is 328 g/mol. The Hall–Kier alpha value is -2.83. The first-order valence-corrected chi connectivity index (χ1v) is 7.91. The molecule has 1 aliphatic heterocycles. The second-order valence-electron chi connectivity index (χ2n) is 5.66. The summed E-state index contributed by atoms with van der Waals surface area (Å²) in [5, 5.41) is 7.02. The minimum absolute atomic E-state index is 0.220. The molecule has 1 aliphatic rings. The molecule has 0 fully saturated rings. The normalized spacial score (nSPS) is 16.5. The summed E-state index contributed by atoms with van der Waals surface area (Å²) in [5.74, 6) is 0.150. The molecule has 7 heteroatoms. The maximum Gasteiger partial charge on any atom is 0.277 e. The molecule has 2 amide bonds. The fraction of sp³-hybridized carbons (Fsp3) is 0.353. The number of carbonyl (C=O) groups is 2. The number of aryl methyl sites for hydroxylation is 1. The molecule has 126 valence electrons. The molecule has 3 rings (SSSR count). The number of carbonyl (C=O) groups excluding carboxylic acids is 2. The predicted octanol–water partition coefficient (Wildman–Crippen LogP) is 2.29. The van der Waals surface area contributed by atoms with Gasteiger partial charge in [0.05, 0.1) is 18.5 Å². The molecule has 0 radical (unpaired) electrons. The number of benzene rings is 1. The maximum atomic E-state index is 13.1. The van der Waals surface area contributed by atoms with Crippen LogP contribution in [-0.4, -0.2) is 34.7 Å². The average Bonchev–Trinajstić information content (AvgIpc) is 3.04. The first kappa shape index (κ1) is 16.0. The van der Waals surface area contributed by atoms with Crippen molar-refractivity contribution in [1.82, 2.24) is 9.78 Å². The number of hydrogen-bond acceptors (Lipinski definition) is 4. The van der Waals surface area contributed by atoms with E-state index in [0.717, 1.165) is 6.42 Å². The van der Waals surface area contributed by atoms with Crippen LogP contribution >= 0.6 is 0 Å². The van der Waals surface area contributed by atoms with Gasteiger partial charge in [-0.05, 0) is 31.5 Å². The number of ether oxygens (including phenoxy) is 1. The van der Waals surface area contributed by atoms with E-state index in [9.17, 15) is 9.59 Å². The van der Waals surface area contributed by atoms with E-state index >= 15 is 0 Å². The molecule has 1 N–H and O–H groups in total. The van der Waals surface area contributed by atoms with E-state index in [1.165, 1.54) is 4.90 Å². The third-order valence-corrected chi connectivity index (χ3v) is 4.08. The quantitative estimate of drug-likeness (QED) is 0.934. The molecular weight excluding hydrogens is 308 g/mol. The smallest absolute Gasteiger partial charge is 0.277 e. The molecule has 1 aromatic heterocycles. The highest BCUT2D eigenvalue weighted by molar-refractivity contribution is 6.16. The van der Waals surface area contributed by atoms with Crippen molar-refractivity contribution in [3.05, 3.63) is 36.2 Å². The van der Waals surface area contributed by atoms with Gasteiger partial charge in [0, 0.05) is 18.8 Å². The number of amides is 2. The molecule has 7 nitrogen and oxygen atoms in total. The highest BCUT2D eigenvalue weighted by atomic mass is 16.5. The Bertz CT molecular complexity index is 784. The Morgan fingerprint density at radius 2 is 2.17 bits per heavy atom. The lowest BCUT2D eigenvalue weighted by Crippen LogP contribution is -2.49. The van der Waals surface area contributed by atoms with E-state index < -0.39 is 6.04 Å². The summed E-state index contributed by atoms with van der Waals surface area (Å²) in [4.78, 5) is 26.9. The molecule has 0 saturated carbocycles. The lowest BCUT2D eigenvalue weighted by atomic mass is 10.1. The van der Waals surface area contributed by atoms with Crippen molar-refractivity contribution in [3.8, 4) is 5.75 Å². The summed E-state index contributed by atoms with van der Waals surface area (Å²) < 4.78 is 6.92. The van der Waals surface area contributed by atoms with Gasteiger partial charge >= 0.3 is 0 Å². The Morgan fingerprint density at radius 3 is 2.88 bits per heavy atom. The Labute approximate surface area is 140 Å². The van der Waals surface area contributed by atoms with Gasteiger partial charge in [0.2, 0.25) is 5.91 Å². The number of anilines is 2. The predicted molar refractivity (Wildman–Crippen MR) is 90.4 cm³/mol. The first-order valence-electron chi connectivity index (χ1n) is 7.91. The summed E-state index contributed by atoms with van der Waals surface area (Å²) >= 11 is 0. The van der Waals surface area contributed by atoms with Gasteiger partial charge in [-0.1, -0.05) is 6.92 Å². The van der Waals surface area contributed by atoms with Gasteiger partial charge in [0.15, 0.2) is 0 Å². The van der Waals surface area contributed by atoms with Crippen molar-refractivity contribution in [3.63, 3.8) is 0 Å². The van der Waals surface area contributed by atoms with Crippen molar-refractivity contribution in [2.75, 3.05) is 17.3 Å². The minimum Gasteiger partial charge on any atom is -0.497 e. The number of nitrogens with zero attached hydrogens (tertiary/aromatic N) is 3. The molecule has 2 aromatic rings. The topological polar surface area (TPSA) is 76.5 Å². The van der Waals surface area contributed by atoms with E-state index in [1.54, 1.807) is 49.2 Å². The lowest BCUT2D eigenvalue weighted by molar-refractivity contribution is -0.117. The zero-order chi connectivity index (χ0) is 17.3. The highest BCUT2D eigenvalue weighted by Gasteiger charge is 2.35. The minimum atomic E-state index is -0.623. The molecule has 24 heavy (non-hydrogen) atoms. The molecule has 0 bridgehead atoms. The van der Waals surface area contributed by atoms with Gasteiger partial charge in [-0.15, -0.1) is 0 Å². The third-order valence-electron chi connectivity index (χ3n) is 4.08. The van der Waals surface area contributed by atoms with Gasteiger partial charge < -0.3 is 10.1 Å². The number of methoxy groups -OCH3 is 1. The van der Waals surface area contributed by atoms with Gasteiger partial charge in [-0.3, -0.25) is 19.2 Å². The molecular formula is C17H20N4O3. The van der Waals surface area contributed by atoms with Crippen LogP contribution in [0, 0.1) is 0 Å². The SMILES string of the molecule is CCCn1nccc1C(=O)N1c2cc(OC)ccc2NC(=O)C1C. The number of hydrogen-bond donors (Lipinski definition) is 1. The number of rotatable bonds is 4. The van der Waals surface area contributed by atoms with Crippen LogP contribution < -0.4 is 15.0 Å². The number of fused-ring (bicyclic) bond motifs is 1. The van der Waals surface area contributed by atoms with Crippen molar-refractivity contribution in [2.45, 2.75) is 32.9 Å². The van der Waals surface area contributed by atoms with Crippen molar-refractivity contribution < 1.29 is 14.3 Å². The second-order valence-corrected chi connectivity index (χ2v) is 5.66. The molecule has 0 aliphatic carbocycles. The molecule has 2 heterocycles. The zero-order valence-corrected chi connectivity index (χ0v) is 13.9. The van der Waals surface area contributed by atoms with Crippen LogP contribution in [0.3, 0.4) is 0 Å². The fourth-order valence-electron chi connectivity index (χ4n) is 2.82. The van der Waals surface area contributed by atoms with Crippen LogP contribution in [0.15, 0.2) is 30.5 Å². The molecule has 1 unspecified atom stereocenters. The monoisotopic (exact) mass is 328 g/mol. The Balaban J connectivity index is 2.07. The van der Waals surface area contributed by atoms with Gasteiger partial charge in [-0.25, -0.2) is 0 Å². The number of nitrogens with one attached hydrogen (secondary N) is 1. The second kappa shape index (κ2) is 6.35. The highest BCUT2D eigenvalue weighted by Crippen LogP contribution is 2.36. The van der Waals surface area contributed by atoms with Gasteiger partial charge in [0.1, 0.15) is 17.5 Å². The lowest BCUT2D eigenvalue weighted by Gasteiger charge is -2.34. The summed E-state index contributed by atoms with van der Waals surface area (Å²) in [5.41, 5.74) is 1.68. The van der Waals surface area contributed by atoms with Crippen LogP contribution in [0.25, 0.3) is 0 Å². The Morgan fingerprint density at radius 1 is 1.38 bits per heavy atom. The standard InChI is InChI=1S/C17H20N4O3/c1-4-9-20-14(7-8-18-20)17(23)21-11(2)16(22)19-13-6-5-12(24-3)10-15(13)21/h5-8,10-11H,4,9H2,1-3H3,(H,19,22). The number of aromatic nitrogens is 2. The van der Waals surface area contributed by atoms with E-state index in [4.69, 9.17) is 4.74 Å². The van der Waals surface area contributed by atoms with Gasteiger partial charge in [0.25, 0.3) is 5.91 Å². The van der Waals surface area contributed by atoms with Crippen molar-refractivity contribution in [1.29, 1.82) is 0 Å². The van der Waals surface area contributed by atoms with E-state index in [2.05, 4.69) is 10.4 Å². The fourth-order valence-corrected chi connectivity index (χ4v) is 2.82. The van der Waals surface area contributed by atoms with E-state index in [0.29, 0.717) is 29.4 Å². The zero-order valence-electron chi connectivity index (χ0n) is 13.9. The van der Waals surface area contributed by atoms with Gasteiger partial charge in [-0.2, -0.15) is 5.10 Å². The van der Waals surface area contributed by atoms with Crippen LogP contribution in [0.4, 0.5) is 11.4 Å². The summed E-state index contributed by atoms with van der Waals surface area (Å²) in [7, 11) is 1.56. The molecule has 0 saturated heterocycles. The van der Waals surface area contributed by atoms with Crippen LogP contribution in [0.5, 0.6) is 5.75 Å². The third kappa shape index (κ3) is 2.62. The molecule has 0 spiro atoms. The summed E-state index contributed by atoms with van der Waals surface area (Å²) in [6, 6.07) is 6.30. The largest absolute Gasteiger partial charge is 0.497 e. The van der Waals surface area contributed by atoms with Crippen LogP contribution in [0.2, 0.25) is 0 Å². The van der Waals surface area contributed by atoms with Crippen LogP contribution in [-0.2, 0) is 11.3 Å². The summed E-state index contributed by atoms with van der Waals surface area (Å²) in [6.45, 7) is 4.37. The van der Waals surface area contributed by atoms with Crippen LogP contribution in [0.1, 0.15) is 30.8 Å². The van der Waals surface area contributed by atoms with Crippen molar-refractivity contribution in [2.24, 2.45) is 0 Å². The van der Waals surface area contributed by atoms with E-state index in [-0.39, 0.29) is 11.8 Å². The van der Waals surface area contributed by atoms with E-state index in [1.807, 2.05) is 6.92 Å². The first-order chi connectivity index (χ1) is 11.6. The molecule has 1 aromatic carbocycles. The Kier molecular flexibility index (Phi) is 4.24.